The Balaban J connectivity index is 1.67. The number of ether oxygens (including phenoxy) is 1. The topological polar surface area (TPSA) is 40.6 Å². The van der Waals surface area contributed by atoms with E-state index in [9.17, 15) is 0 Å². The van der Waals surface area contributed by atoms with Gasteiger partial charge in [0, 0.05) is 44.5 Å². The number of hydrogen-bond donors (Lipinski definition) is 1. The number of rotatable bonds is 4. The van der Waals surface area contributed by atoms with Gasteiger partial charge in [0.05, 0.1) is 13.2 Å². The van der Waals surface area contributed by atoms with Gasteiger partial charge in [0.2, 0.25) is 0 Å². The Labute approximate surface area is 127 Å². The maximum atomic E-state index is 5.45. The number of aryl methyl sites for hydroxylation is 1. The molecule has 0 amide bonds. The van der Waals surface area contributed by atoms with Crippen molar-refractivity contribution in [1.29, 1.82) is 0 Å². The predicted octanol–water partition coefficient (Wildman–Crippen LogP) is 1.02. The van der Waals surface area contributed by atoms with Crippen molar-refractivity contribution in [1.82, 2.24) is 15.2 Å². The van der Waals surface area contributed by atoms with Crippen LogP contribution in [-0.4, -0.2) is 62.4 Å². The van der Waals surface area contributed by atoms with Crippen LogP contribution in [0.5, 0.6) is 0 Å². The molecule has 0 aromatic carbocycles. The summed E-state index contributed by atoms with van der Waals surface area (Å²) in [4.78, 5) is 9.75. The van der Waals surface area contributed by atoms with Gasteiger partial charge in [-0.1, -0.05) is 0 Å². The summed E-state index contributed by atoms with van der Waals surface area (Å²) in [6.45, 7) is 9.09. The van der Waals surface area contributed by atoms with Crippen molar-refractivity contribution in [2.75, 3.05) is 51.3 Å². The molecule has 2 aliphatic heterocycles. The Bertz CT molecular complexity index is 473. The lowest BCUT2D eigenvalue weighted by Crippen LogP contribution is -2.44. The Kier molecular flexibility index (Phi) is 4.73. The summed E-state index contributed by atoms with van der Waals surface area (Å²) in [6.07, 6.45) is 1.23. The Morgan fingerprint density at radius 1 is 1.29 bits per heavy atom. The van der Waals surface area contributed by atoms with Crippen LogP contribution in [0.4, 0.5) is 5.82 Å². The second-order valence-corrected chi connectivity index (χ2v) is 6.04. The van der Waals surface area contributed by atoms with Crippen molar-refractivity contribution >= 4 is 5.82 Å². The summed E-state index contributed by atoms with van der Waals surface area (Å²) in [6, 6.07) is 5.05. The van der Waals surface area contributed by atoms with Crippen LogP contribution >= 0.6 is 0 Å². The number of anilines is 1. The van der Waals surface area contributed by atoms with Gasteiger partial charge in [-0.15, -0.1) is 0 Å². The fourth-order valence-electron chi connectivity index (χ4n) is 3.38. The van der Waals surface area contributed by atoms with Crippen molar-refractivity contribution in [2.24, 2.45) is 0 Å². The average molecular weight is 290 g/mol. The first kappa shape index (κ1) is 14.8. The third kappa shape index (κ3) is 3.54. The zero-order valence-electron chi connectivity index (χ0n) is 13.1. The van der Waals surface area contributed by atoms with Crippen LogP contribution in [0, 0.1) is 6.92 Å². The van der Waals surface area contributed by atoms with E-state index >= 15 is 0 Å². The molecule has 3 rings (SSSR count). The molecule has 116 valence electrons. The summed E-state index contributed by atoms with van der Waals surface area (Å²) >= 11 is 0. The van der Waals surface area contributed by atoms with E-state index < -0.39 is 0 Å². The van der Waals surface area contributed by atoms with E-state index in [-0.39, 0.29) is 0 Å². The van der Waals surface area contributed by atoms with E-state index in [1.54, 1.807) is 0 Å². The van der Waals surface area contributed by atoms with Crippen LogP contribution in [0.1, 0.15) is 17.7 Å². The van der Waals surface area contributed by atoms with Crippen LogP contribution < -0.4 is 10.2 Å². The Morgan fingerprint density at radius 3 is 2.86 bits per heavy atom. The van der Waals surface area contributed by atoms with Gasteiger partial charge >= 0.3 is 0 Å². The highest BCUT2D eigenvalue weighted by Crippen LogP contribution is 2.23. The Hall–Kier alpha value is -1.17. The van der Waals surface area contributed by atoms with Gasteiger partial charge in [0.1, 0.15) is 5.82 Å². The van der Waals surface area contributed by atoms with Gasteiger partial charge < -0.3 is 15.0 Å². The quantitative estimate of drug-likeness (QED) is 0.896. The second kappa shape index (κ2) is 6.73. The zero-order chi connectivity index (χ0) is 14.7. The van der Waals surface area contributed by atoms with Gasteiger partial charge in [-0.25, -0.2) is 4.98 Å². The molecule has 5 nitrogen and oxygen atoms in total. The molecule has 0 radical (unpaired) electrons. The number of hydrogen-bond acceptors (Lipinski definition) is 5. The molecule has 0 saturated carbocycles. The lowest BCUT2D eigenvalue weighted by molar-refractivity contribution is 0.0209. The Morgan fingerprint density at radius 2 is 2.10 bits per heavy atom. The molecule has 0 spiro atoms. The fraction of sp³-hybridized carbons (Fsp3) is 0.688. The van der Waals surface area contributed by atoms with Gasteiger partial charge in [0.25, 0.3) is 0 Å². The summed E-state index contributed by atoms with van der Waals surface area (Å²) in [7, 11) is 1.99. The molecule has 1 aromatic rings. The summed E-state index contributed by atoms with van der Waals surface area (Å²) in [5.41, 5.74) is 2.42. The van der Waals surface area contributed by atoms with Crippen LogP contribution in [-0.2, 0) is 11.3 Å². The minimum atomic E-state index is 0.656. The van der Waals surface area contributed by atoms with Crippen molar-refractivity contribution in [3.8, 4) is 0 Å². The normalized spacial score (nSPS) is 23.7. The summed E-state index contributed by atoms with van der Waals surface area (Å²) < 4.78 is 5.45. The van der Waals surface area contributed by atoms with E-state index in [0.29, 0.717) is 6.04 Å². The fourth-order valence-corrected chi connectivity index (χ4v) is 3.38. The molecule has 1 aromatic heterocycles. The van der Waals surface area contributed by atoms with Crippen LogP contribution in [0.15, 0.2) is 12.1 Å². The molecule has 21 heavy (non-hydrogen) atoms. The monoisotopic (exact) mass is 290 g/mol. The summed E-state index contributed by atoms with van der Waals surface area (Å²) in [5, 5.41) is 3.22. The molecule has 5 heteroatoms. The van der Waals surface area contributed by atoms with Gasteiger partial charge in [-0.3, -0.25) is 4.90 Å². The zero-order valence-corrected chi connectivity index (χ0v) is 13.1. The minimum absolute atomic E-state index is 0.656. The molecule has 0 aliphatic carbocycles. The first-order valence-electron chi connectivity index (χ1n) is 7.95. The molecule has 3 heterocycles. The molecule has 2 aliphatic rings. The molecule has 0 bridgehead atoms. The first-order valence-corrected chi connectivity index (χ1v) is 7.95. The van der Waals surface area contributed by atoms with E-state index in [0.717, 1.165) is 57.4 Å². The van der Waals surface area contributed by atoms with Gasteiger partial charge in [-0.05, 0) is 38.1 Å². The maximum Gasteiger partial charge on any atom is 0.129 e. The van der Waals surface area contributed by atoms with Crippen molar-refractivity contribution in [3.05, 3.63) is 23.4 Å². The van der Waals surface area contributed by atoms with Crippen LogP contribution in [0.3, 0.4) is 0 Å². The molecule has 1 unspecified atom stereocenters. The lowest BCUT2D eigenvalue weighted by Gasteiger charge is -2.32. The predicted molar refractivity (Wildman–Crippen MR) is 84.7 cm³/mol. The standard InChI is InChI=1S/C16H26N4O/c1-13-9-14(11-17-2)10-16(18-13)20-4-3-15(12-20)19-5-7-21-8-6-19/h9-10,15,17H,3-8,11-12H2,1-2H3. The number of morpholine rings is 1. The highest BCUT2D eigenvalue weighted by molar-refractivity contribution is 5.44. The van der Waals surface area contributed by atoms with Gasteiger partial charge in [-0.2, -0.15) is 0 Å². The molecule has 2 saturated heterocycles. The van der Waals surface area contributed by atoms with E-state index in [4.69, 9.17) is 9.72 Å². The molecule has 1 N–H and O–H groups in total. The molecule has 1 atom stereocenters. The maximum absolute atomic E-state index is 5.45. The van der Waals surface area contributed by atoms with Crippen LogP contribution in [0.2, 0.25) is 0 Å². The van der Waals surface area contributed by atoms with E-state index in [1.807, 2.05) is 7.05 Å². The van der Waals surface area contributed by atoms with Crippen molar-refractivity contribution in [2.45, 2.75) is 25.9 Å². The number of pyridine rings is 1. The highest BCUT2D eigenvalue weighted by Gasteiger charge is 2.29. The minimum Gasteiger partial charge on any atom is -0.379 e. The van der Waals surface area contributed by atoms with Crippen molar-refractivity contribution < 1.29 is 4.74 Å². The van der Waals surface area contributed by atoms with E-state index in [2.05, 4.69) is 34.2 Å². The third-order valence-electron chi connectivity index (χ3n) is 4.43. The van der Waals surface area contributed by atoms with Crippen LogP contribution in [0.25, 0.3) is 0 Å². The number of nitrogens with one attached hydrogen (secondary N) is 1. The molecular weight excluding hydrogens is 264 g/mol. The summed E-state index contributed by atoms with van der Waals surface area (Å²) in [5.74, 6) is 1.14. The third-order valence-corrected chi connectivity index (χ3v) is 4.43. The SMILES string of the molecule is CNCc1cc(C)nc(N2CCC(N3CCOCC3)C2)c1. The smallest absolute Gasteiger partial charge is 0.129 e. The molecular formula is C16H26N4O. The second-order valence-electron chi connectivity index (χ2n) is 6.04. The number of aromatic nitrogens is 1. The van der Waals surface area contributed by atoms with Crippen molar-refractivity contribution in [3.63, 3.8) is 0 Å². The first-order chi connectivity index (χ1) is 10.3. The average Bonchev–Trinajstić information content (AvgIpc) is 2.98. The van der Waals surface area contributed by atoms with Gasteiger partial charge in [0.15, 0.2) is 0 Å². The molecule has 2 fully saturated rings. The highest BCUT2D eigenvalue weighted by atomic mass is 16.5. The van der Waals surface area contributed by atoms with E-state index in [1.165, 1.54) is 12.0 Å². The number of nitrogens with zero attached hydrogens (tertiary/aromatic N) is 3. The lowest BCUT2D eigenvalue weighted by atomic mass is 10.2. The largest absolute Gasteiger partial charge is 0.379 e.